The first-order valence-electron chi connectivity index (χ1n) is 12.0. The molecule has 0 heterocycles. The maximum atomic E-state index is 8.44. The third-order valence-electron chi connectivity index (χ3n) is 5.18. The van der Waals surface area contributed by atoms with Gasteiger partial charge in [-0.05, 0) is 12.8 Å². The average Bonchev–Trinajstić information content (AvgIpc) is 2.59. The van der Waals surface area contributed by atoms with Crippen molar-refractivity contribution in [1.82, 2.24) is 0 Å². The predicted molar refractivity (Wildman–Crippen MR) is 120 cm³/mol. The van der Waals surface area contributed by atoms with Crippen LogP contribution in [0, 0.1) is 0 Å². The van der Waals surface area contributed by atoms with Crippen molar-refractivity contribution in [2.45, 2.75) is 122 Å². The van der Waals surface area contributed by atoms with Crippen molar-refractivity contribution in [1.29, 1.82) is 0 Å². The summed E-state index contributed by atoms with van der Waals surface area (Å²) in [5.74, 6) is 0. The Morgan fingerprint density at radius 1 is 0.607 bits per heavy atom. The molecule has 0 spiro atoms. The van der Waals surface area contributed by atoms with Gasteiger partial charge < -0.3 is 19.5 Å². The average molecular weight is 402 g/mol. The Morgan fingerprint density at radius 3 is 1.04 bits per heavy atom. The van der Waals surface area contributed by atoms with Gasteiger partial charge in [0.25, 0.3) is 0 Å². The maximum Gasteiger partial charge on any atom is 0.249 e. The fourth-order valence-corrected chi connectivity index (χ4v) is 3.49. The van der Waals surface area contributed by atoms with E-state index >= 15 is 0 Å². The van der Waals surface area contributed by atoms with Crippen LogP contribution in [0.15, 0.2) is 0 Å². The van der Waals surface area contributed by atoms with Crippen LogP contribution in [0.3, 0.4) is 0 Å². The van der Waals surface area contributed by atoms with Crippen LogP contribution in [0.2, 0.25) is 0 Å². The minimum Gasteiger partial charge on any atom is -0.565 e. The maximum absolute atomic E-state index is 8.44. The highest BCUT2D eigenvalue weighted by atomic mass is 16.6. The quantitative estimate of drug-likeness (QED) is 0.195. The van der Waals surface area contributed by atoms with Gasteiger partial charge in [-0.25, -0.2) is 0 Å². The molecular formula is C24H51NO3. The second kappa shape index (κ2) is 22.5. The van der Waals surface area contributed by atoms with E-state index < -0.39 is 6.16 Å². The Labute approximate surface area is 176 Å². The molecule has 0 rings (SSSR count). The van der Waals surface area contributed by atoms with Gasteiger partial charge in [0.1, 0.15) is 0 Å². The van der Waals surface area contributed by atoms with Gasteiger partial charge in [0, 0.05) is 0 Å². The van der Waals surface area contributed by atoms with Gasteiger partial charge in [0.05, 0.1) is 27.7 Å². The molecule has 4 nitrogen and oxygen atoms in total. The van der Waals surface area contributed by atoms with Crippen LogP contribution in [-0.4, -0.2) is 43.4 Å². The summed E-state index contributed by atoms with van der Waals surface area (Å²) in [6.07, 6.45) is 24.3. The zero-order valence-corrected chi connectivity index (χ0v) is 19.6. The Morgan fingerprint density at radius 2 is 0.821 bits per heavy atom. The van der Waals surface area contributed by atoms with Crippen LogP contribution in [-0.2, 0) is 0 Å². The minimum absolute atomic E-state index is 1.12. The van der Waals surface area contributed by atoms with Crippen molar-refractivity contribution in [2.24, 2.45) is 0 Å². The Hall–Kier alpha value is -0.770. The molecule has 28 heavy (non-hydrogen) atoms. The molecule has 0 aliphatic carbocycles. The Kier molecular flexibility index (Phi) is 23.7. The SMILES string of the molecule is CCCCCCCCCCCCCCCCCCCC[N+](C)(C)C.O=C([O-])O. The van der Waals surface area contributed by atoms with Gasteiger partial charge in [-0.3, -0.25) is 0 Å². The van der Waals surface area contributed by atoms with E-state index in [1.165, 1.54) is 122 Å². The van der Waals surface area contributed by atoms with E-state index in [2.05, 4.69) is 28.1 Å². The van der Waals surface area contributed by atoms with Crippen molar-refractivity contribution >= 4 is 6.16 Å². The van der Waals surface area contributed by atoms with Gasteiger partial charge in [-0.2, -0.15) is 0 Å². The minimum atomic E-state index is -2.08. The molecule has 4 heteroatoms. The topological polar surface area (TPSA) is 60.4 Å². The van der Waals surface area contributed by atoms with Gasteiger partial charge in [-0.15, -0.1) is 0 Å². The molecule has 0 aromatic carbocycles. The molecule has 0 bridgehead atoms. The lowest BCUT2D eigenvalue weighted by Gasteiger charge is -2.23. The van der Waals surface area contributed by atoms with E-state index in [0.29, 0.717) is 0 Å². The first kappa shape index (κ1) is 29.4. The van der Waals surface area contributed by atoms with E-state index in [1.807, 2.05) is 0 Å². The Balaban J connectivity index is 0. The first-order chi connectivity index (χ1) is 13.3. The van der Waals surface area contributed by atoms with E-state index in [4.69, 9.17) is 15.0 Å². The molecule has 0 fully saturated rings. The molecule has 170 valence electrons. The van der Waals surface area contributed by atoms with Crippen molar-refractivity contribution in [3.05, 3.63) is 0 Å². The van der Waals surface area contributed by atoms with Crippen LogP contribution in [0.4, 0.5) is 4.79 Å². The van der Waals surface area contributed by atoms with Gasteiger partial charge in [-0.1, -0.05) is 110 Å². The third kappa shape index (κ3) is 36.2. The molecule has 0 aromatic rings. The van der Waals surface area contributed by atoms with Crippen LogP contribution in [0.25, 0.3) is 0 Å². The van der Waals surface area contributed by atoms with Crippen molar-refractivity contribution in [3.63, 3.8) is 0 Å². The summed E-state index contributed by atoms with van der Waals surface area (Å²) in [5.41, 5.74) is 0. The molecule has 0 unspecified atom stereocenters. The number of hydrogen-bond donors (Lipinski definition) is 1. The lowest BCUT2D eigenvalue weighted by atomic mass is 10.0. The molecule has 0 radical (unpaired) electrons. The predicted octanol–water partition coefficient (Wildman–Crippen LogP) is 6.62. The zero-order valence-electron chi connectivity index (χ0n) is 19.6. The van der Waals surface area contributed by atoms with Crippen LogP contribution >= 0.6 is 0 Å². The van der Waals surface area contributed by atoms with Crippen molar-refractivity contribution in [2.75, 3.05) is 27.7 Å². The lowest BCUT2D eigenvalue weighted by molar-refractivity contribution is -0.870. The normalized spacial score (nSPS) is 11.1. The van der Waals surface area contributed by atoms with Crippen molar-refractivity contribution < 1.29 is 19.5 Å². The molecule has 0 aliphatic rings. The third-order valence-corrected chi connectivity index (χ3v) is 5.18. The highest BCUT2D eigenvalue weighted by Crippen LogP contribution is 2.14. The van der Waals surface area contributed by atoms with E-state index in [1.54, 1.807) is 0 Å². The fourth-order valence-electron chi connectivity index (χ4n) is 3.49. The molecule has 0 saturated carbocycles. The molecule has 0 saturated heterocycles. The van der Waals surface area contributed by atoms with Crippen molar-refractivity contribution in [3.8, 4) is 0 Å². The van der Waals surface area contributed by atoms with Crippen LogP contribution < -0.4 is 5.11 Å². The van der Waals surface area contributed by atoms with Gasteiger partial charge in [0.2, 0.25) is 6.16 Å². The second-order valence-electron chi connectivity index (χ2n) is 9.29. The largest absolute Gasteiger partial charge is 0.565 e. The van der Waals surface area contributed by atoms with Gasteiger partial charge in [0.15, 0.2) is 0 Å². The number of quaternary nitrogens is 1. The van der Waals surface area contributed by atoms with E-state index in [0.717, 1.165) is 4.48 Å². The lowest BCUT2D eigenvalue weighted by Crippen LogP contribution is -2.35. The molecule has 0 atom stereocenters. The molecule has 0 amide bonds. The number of rotatable bonds is 19. The highest BCUT2D eigenvalue weighted by molar-refractivity contribution is 5.50. The summed E-state index contributed by atoms with van der Waals surface area (Å²) < 4.78 is 1.12. The number of carbonyl (C=O) groups is 1. The number of carboxylic acid groups (broad SMARTS) is 2. The number of nitrogens with zero attached hydrogens (tertiary/aromatic N) is 1. The summed E-state index contributed by atoms with van der Waals surface area (Å²) in [6.45, 7) is 3.63. The summed E-state index contributed by atoms with van der Waals surface area (Å²) in [7, 11) is 6.90. The molecule has 0 aromatic heterocycles. The smallest absolute Gasteiger partial charge is 0.249 e. The van der Waals surface area contributed by atoms with Gasteiger partial charge >= 0.3 is 0 Å². The summed E-state index contributed by atoms with van der Waals surface area (Å²) in [5, 5.41) is 15.3. The summed E-state index contributed by atoms with van der Waals surface area (Å²) in [4.78, 5) is 8.44. The Bertz CT molecular complexity index is 309. The monoisotopic (exact) mass is 401 g/mol. The van der Waals surface area contributed by atoms with E-state index in [9.17, 15) is 0 Å². The molecular weight excluding hydrogens is 350 g/mol. The number of unbranched alkanes of at least 4 members (excludes halogenated alkanes) is 17. The molecule has 1 N–H and O–H groups in total. The van der Waals surface area contributed by atoms with Crippen LogP contribution in [0.1, 0.15) is 122 Å². The molecule has 0 aliphatic heterocycles. The second-order valence-corrected chi connectivity index (χ2v) is 9.29. The summed E-state index contributed by atoms with van der Waals surface area (Å²) in [6, 6.07) is 0. The van der Waals surface area contributed by atoms with Crippen LogP contribution in [0.5, 0.6) is 0 Å². The summed E-state index contributed by atoms with van der Waals surface area (Å²) >= 11 is 0. The first-order valence-corrected chi connectivity index (χ1v) is 12.0. The number of hydrogen-bond acceptors (Lipinski definition) is 2. The van der Waals surface area contributed by atoms with E-state index in [-0.39, 0.29) is 0 Å². The standard InChI is InChI=1S/C23H50N.CH2O3/c1-5-6-7-8-9-10-11-12-13-14-15-16-17-18-19-20-21-22-23-24(2,3)4;2-1(3)4/h5-23H2,1-4H3;(H2,2,3,4)/q+1;/p-1. The highest BCUT2D eigenvalue weighted by Gasteiger charge is 2.04. The zero-order chi connectivity index (χ0) is 21.5. The fraction of sp³-hybridized carbons (Fsp3) is 0.958.